The average Bonchev–Trinajstić information content (AvgIpc) is 3.45. The van der Waals surface area contributed by atoms with E-state index in [9.17, 15) is 18.0 Å². The number of aromatic nitrogens is 5. The van der Waals surface area contributed by atoms with E-state index in [-0.39, 0.29) is 17.2 Å². The van der Waals surface area contributed by atoms with Crippen molar-refractivity contribution in [2.75, 3.05) is 32.9 Å². The molecule has 1 fully saturated rings. The first-order valence-corrected chi connectivity index (χ1v) is 12.0. The minimum absolute atomic E-state index is 0.170. The van der Waals surface area contributed by atoms with Crippen molar-refractivity contribution in [3.8, 4) is 5.69 Å². The Kier molecular flexibility index (Phi) is 6.86. The lowest BCUT2D eigenvalue weighted by Crippen LogP contribution is -2.40. The summed E-state index contributed by atoms with van der Waals surface area (Å²) in [5, 5.41) is 10.4. The summed E-state index contributed by atoms with van der Waals surface area (Å²) in [6, 6.07) is 8.28. The third-order valence-electron chi connectivity index (χ3n) is 5.46. The first-order chi connectivity index (χ1) is 16.3. The zero-order chi connectivity index (χ0) is 24.3. The second kappa shape index (κ2) is 9.83. The Morgan fingerprint density at radius 1 is 1.15 bits per heavy atom. The Balaban J connectivity index is 1.52. The molecule has 3 aromatic rings. The molecule has 0 saturated carbocycles. The van der Waals surface area contributed by atoms with E-state index in [1.54, 1.807) is 41.8 Å². The Bertz CT molecular complexity index is 1300. The van der Waals surface area contributed by atoms with Crippen LogP contribution >= 0.6 is 0 Å². The van der Waals surface area contributed by atoms with Crippen molar-refractivity contribution in [3.05, 3.63) is 53.6 Å². The maximum Gasteiger partial charge on any atom is 0.328 e. The number of carbonyl (C=O) groups excluding carboxylic acids is 2. The van der Waals surface area contributed by atoms with E-state index in [0.29, 0.717) is 43.2 Å². The molecular weight excluding hydrogens is 464 g/mol. The summed E-state index contributed by atoms with van der Waals surface area (Å²) >= 11 is 0. The van der Waals surface area contributed by atoms with Crippen LogP contribution in [-0.2, 0) is 30.8 Å². The van der Waals surface area contributed by atoms with E-state index in [1.807, 2.05) is 6.92 Å². The number of aryl methyl sites for hydroxylation is 1. The van der Waals surface area contributed by atoms with Gasteiger partial charge in [0.2, 0.25) is 15.8 Å². The minimum Gasteiger partial charge on any atom is -0.456 e. The van der Waals surface area contributed by atoms with Crippen molar-refractivity contribution in [2.24, 2.45) is 0 Å². The van der Waals surface area contributed by atoms with Crippen LogP contribution in [0.3, 0.4) is 0 Å². The molecule has 0 atom stereocenters. The smallest absolute Gasteiger partial charge is 0.328 e. The molecule has 0 radical (unpaired) electrons. The zero-order valence-corrected chi connectivity index (χ0v) is 19.6. The molecule has 2 aromatic heterocycles. The molecule has 1 aliphatic heterocycles. The second-order valence-electron chi connectivity index (χ2n) is 7.73. The first-order valence-electron chi connectivity index (χ1n) is 10.5. The van der Waals surface area contributed by atoms with E-state index >= 15 is 0 Å². The molecule has 4 rings (SSSR count). The van der Waals surface area contributed by atoms with Crippen LogP contribution < -0.4 is 0 Å². The highest BCUT2D eigenvalue weighted by Crippen LogP contribution is 2.25. The van der Waals surface area contributed by atoms with Crippen LogP contribution in [-0.4, -0.2) is 82.2 Å². The van der Waals surface area contributed by atoms with Crippen LogP contribution in [0, 0.1) is 13.8 Å². The third-order valence-corrected chi connectivity index (χ3v) is 7.36. The van der Waals surface area contributed by atoms with Gasteiger partial charge in [-0.2, -0.15) is 4.31 Å². The van der Waals surface area contributed by atoms with Gasteiger partial charge in [-0.05, 0) is 48.5 Å². The second-order valence-corrected chi connectivity index (χ2v) is 9.66. The molecule has 0 aliphatic carbocycles. The van der Waals surface area contributed by atoms with E-state index in [0.717, 1.165) is 5.69 Å². The fraction of sp³-hybridized carbons (Fsp3) is 0.381. The summed E-state index contributed by atoms with van der Waals surface area (Å²) in [5.41, 5.74) is 2.34. The fourth-order valence-corrected chi connectivity index (χ4v) is 5.26. The van der Waals surface area contributed by atoms with E-state index in [1.165, 1.54) is 15.3 Å². The standard InChI is InChI=1S/C21H24N6O6S/c1-15-10-19(20(28)13-33-21(29)12-25-14-22-23-24-25)16(2)27(15)17-4-3-5-18(11-17)34(30,31)26-6-8-32-9-7-26/h3-5,10-11,14H,6-9,12-13H2,1-2H3. The highest BCUT2D eigenvalue weighted by Gasteiger charge is 2.27. The summed E-state index contributed by atoms with van der Waals surface area (Å²) in [6.45, 7) is 4.27. The number of hydrogen-bond acceptors (Lipinski definition) is 9. The number of ketones is 1. The van der Waals surface area contributed by atoms with Gasteiger partial charge >= 0.3 is 5.97 Å². The van der Waals surface area contributed by atoms with E-state index in [4.69, 9.17) is 9.47 Å². The van der Waals surface area contributed by atoms with Crippen molar-refractivity contribution in [1.29, 1.82) is 0 Å². The first kappa shape index (κ1) is 23.7. The van der Waals surface area contributed by atoms with Crippen molar-refractivity contribution in [3.63, 3.8) is 0 Å². The maximum absolute atomic E-state index is 13.1. The number of morpholine rings is 1. The monoisotopic (exact) mass is 488 g/mol. The summed E-state index contributed by atoms with van der Waals surface area (Å²) in [7, 11) is -3.67. The number of ether oxygens (including phenoxy) is 2. The highest BCUT2D eigenvalue weighted by atomic mass is 32.2. The van der Waals surface area contributed by atoms with Gasteiger partial charge in [-0.1, -0.05) is 6.07 Å². The van der Waals surface area contributed by atoms with Gasteiger partial charge in [0.15, 0.2) is 6.61 Å². The number of nitrogens with zero attached hydrogens (tertiary/aromatic N) is 6. The quantitative estimate of drug-likeness (QED) is 0.328. The predicted molar refractivity (Wildman–Crippen MR) is 118 cm³/mol. The van der Waals surface area contributed by atoms with E-state index in [2.05, 4.69) is 15.5 Å². The largest absolute Gasteiger partial charge is 0.456 e. The predicted octanol–water partition coefficient (Wildman–Crippen LogP) is 0.528. The molecule has 13 heteroatoms. The molecule has 1 aromatic carbocycles. The van der Waals surface area contributed by atoms with Gasteiger partial charge in [0.05, 0.1) is 18.1 Å². The zero-order valence-electron chi connectivity index (χ0n) is 18.7. The number of tetrazole rings is 1. The third kappa shape index (κ3) is 4.90. The summed E-state index contributed by atoms with van der Waals surface area (Å²) in [4.78, 5) is 24.8. The molecule has 0 amide bonds. The number of carbonyl (C=O) groups is 2. The van der Waals surface area contributed by atoms with Gasteiger partial charge in [-0.3, -0.25) is 9.59 Å². The van der Waals surface area contributed by atoms with Gasteiger partial charge in [-0.25, -0.2) is 13.1 Å². The molecule has 0 bridgehead atoms. The summed E-state index contributed by atoms with van der Waals surface area (Å²) in [6.07, 6.45) is 1.27. The molecule has 3 heterocycles. The number of esters is 1. The lowest BCUT2D eigenvalue weighted by molar-refractivity contribution is -0.143. The van der Waals surface area contributed by atoms with Gasteiger partial charge in [0.25, 0.3) is 0 Å². The van der Waals surface area contributed by atoms with Crippen molar-refractivity contribution >= 4 is 21.8 Å². The van der Waals surface area contributed by atoms with Crippen LogP contribution in [0.2, 0.25) is 0 Å². The molecule has 1 aliphatic rings. The Morgan fingerprint density at radius 3 is 2.62 bits per heavy atom. The molecule has 0 spiro atoms. The van der Waals surface area contributed by atoms with Crippen LogP contribution in [0.4, 0.5) is 0 Å². The van der Waals surface area contributed by atoms with Crippen LogP contribution in [0.15, 0.2) is 41.6 Å². The summed E-state index contributed by atoms with van der Waals surface area (Å²) < 4.78 is 40.8. The van der Waals surface area contributed by atoms with Crippen LogP contribution in [0.1, 0.15) is 21.7 Å². The topological polar surface area (TPSA) is 139 Å². The summed E-state index contributed by atoms with van der Waals surface area (Å²) in [5.74, 6) is -1.02. The Hall–Kier alpha value is -3.42. The fourth-order valence-electron chi connectivity index (χ4n) is 3.82. The Labute approximate surface area is 196 Å². The van der Waals surface area contributed by atoms with Gasteiger partial charge in [0.1, 0.15) is 12.9 Å². The van der Waals surface area contributed by atoms with Gasteiger partial charge < -0.3 is 14.0 Å². The lowest BCUT2D eigenvalue weighted by atomic mass is 10.1. The number of Topliss-reactive ketones (excluding diaryl/α,β-unsaturated/α-hetero) is 1. The number of sulfonamides is 1. The average molecular weight is 489 g/mol. The lowest BCUT2D eigenvalue weighted by Gasteiger charge is -2.26. The minimum atomic E-state index is -3.67. The van der Waals surface area contributed by atoms with Crippen molar-refractivity contribution < 1.29 is 27.5 Å². The van der Waals surface area contributed by atoms with Crippen molar-refractivity contribution in [2.45, 2.75) is 25.3 Å². The van der Waals surface area contributed by atoms with E-state index < -0.39 is 22.6 Å². The molecule has 1 saturated heterocycles. The Morgan fingerprint density at radius 2 is 1.91 bits per heavy atom. The number of hydrogen-bond donors (Lipinski definition) is 0. The normalized spacial score (nSPS) is 14.8. The number of rotatable bonds is 8. The molecule has 12 nitrogen and oxygen atoms in total. The maximum atomic E-state index is 13.1. The molecule has 34 heavy (non-hydrogen) atoms. The van der Waals surface area contributed by atoms with Crippen LogP contribution in [0.25, 0.3) is 5.69 Å². The number of benzene rings is 1. The van der Waals surface area contributed by atoms with Gasteiger partial charge in [-0.15, -0.1) is 5.10 Å². The SMILES string of the molecule is Cc1cc(C(=O)COC(=O)Cn2cnnn2)c(C)n1-c1cccc(S(=O)(=O)N2CCOCC2)c1. The van der Waals surface area contributed by atoms with Gasteiger partial charge in [0, 0.05) is 35.7 Å². The molecular formula is C21H24N6O6S. The molecule has 0 unspecified atom stereocenters. The molecule has 180 valence electrons. The highest BCUT2D eigenvalue weighted by molar-refractivity contribution is 7.89. The molecule has 0 N–H and O–H groups in total. The van der Waals surface area contributed by atoms with Crippen LogP contribution in [0.5, 0.6) is 0 Å². The van der Waals surface area contributed by atoms with Crippen molar-refractivity contribution in [1.82, 2.24) is 29.1 Å².